The van der Waals surface area contributed by atoms with Crippen LogP contribution in [0.5, 0.6) is 5.88 Å². The van der Waals surface area contributed by atoms with Crippen molar-refractivity contribution in [3.8, 4) is 5.88 Å². The van der Waals surface area contributed by atoms with E-state index in [-0.39, 0.29) is 5.88 Å². The second-order valence-electron chi connectivity index (χ2n) is 2.64. The number of pyridine rings is 1. The summed E-state index contributed by atoms with van der Waals surface area (Å²) in [4.78, 5) is 14.2. The van der Waals surface area contributed by atoms with Crippen LogP contribution in [0.3, 0.4) is 0 Å². The van der Waals surface area contributed by atoms with Gasteiger partial charge in [0.25, 0.3) is 0 Å². The van der Waals surface area contributed by atoms with Crippen LogP contribution in [0.1, 0.15) is 0 Å². The molecule has 72 valence electrons. The van der Waals surface area contributed by atoms with Gasteiger partial charge in [-0.3, -0.25) is 5.10 Å². The summed E-state index contributed by atoms with van der Waals surface area (Å²) in [5.41, 5.74) is 0.577. The fourth-order valence-corrected chi connectivity index (χ4v) is 1.02. The molecule has 14 heavy (non-hydrogen) atoms. The predicted molar refractivity (Wildman–Crippen MR) is 47.0 cm³/mol. The monoisotopic (exact) mass is 193 g/mol. The first-order valence-electron chi connectivity index (χ1n) is 3.90. The molecular formula is C8H7N3O3. The van der Waals surface area contributed by atoms with Crippen LogP contribution >= 0.6 is 0 Å². The van der Waals surface area contributed by atoms with Crippen LogP contribution in [-0.2, 0) is 4.79 Å². The van der Waals surface area contributed by atoms with Gasteiger partial charge in [0.05, 0.1) is 6.20 Å². The van der Waals surface area contributed by atoms with Crippen LogP contribution in [0, 0.1) is 0 Å². The molecule has 0 aliphatic heterocycles. The van der Waals surface area contributed by atoms with E-state index in [2.05, 4.69) is 15.2 Å². The number of rotatable bonds is 3. The highest BCUT2D eigenvalue weighted by Gasteiger charge is 2.02. The van der Waals surface area contributed by atoms with Crippen molar-refractivity contribution < 1.29 is 14.6 Å². The third-order valence-electron chi connectivity index (χ3n) is 1.62. The Morgan fingerprint density at radius 2 is 2.43 bits per heavy atom. The van der Waals surface area contributed by atoms with Gasteiger partial charge in [-0.25, -0.2) is 4.79 Å². The molecule has 2 aromatic rings. The molecule has 6 heteroatoms. The fraction of sp³-hybridized carbons (Fsp3) is 0.125. The van der Waals surface area contributed by atoms with Gasteiger partial charge >= 0.3 is 5.97 Å². The zero-order valence-corrected chi connectivity index (χ0v) is 7.10. The summed E-state index contributed by atoms with van der Waals surface area (Å²) in [6.45, 7) is -0.396. The summed E-state index contributed by atoms with van der Waals surface area (Å²) in [6.07, 6.45) is 1.63. The highest BCUT2D eigenvalue weighted by Crippen LogP contribution is 2.13. The number of aromatic nitrogens is 3. The average molecular weight is 193 g/mol. The number of hydrogen-bond donors (Lipinski definition) is 2. The SMILES string of the molecule is O=C(O)COc1ccc2cn[nH]c2n1. The number of ether oxygens (including phenoxy) is 1. The number of hydrogen-bond acceptors (Lipinski definition) is 4. The fourth-order valence-electron chi connectivity index (χ4n) is 1.02. The summed E-state index contributed by atoms with van der Waals surface area (Å²) in [6, 6.07) is 3.35. The minimum Gasteiger partial charge on any atom is -0.479 e. The van der Waals surface area contributed by atoms with Gasteiger partial charge in [-0.1, -0.05) is 0 Å². The number of carboxylic acid groups (broad SMARTS) is 1. The molecular weight excluding hydrogens is 186 g/mol. The molecule has 6 nitrogen and oxygen atoms in total. The van der Waals surface area contributed by atoms with Gasteiger partial charge in [0.2, 0.25) is 5.88 Å². The van der Waals surface area contributed by atoms with Gasteiger partial charge in [-0.05, 0) is 6.07 Å². The number of fused-ring (bicyclic) bond motifs is 1. The number of aliphatic carboxylic acids is 1. The van der Waals surface area contributed by atoms with E-state index in [4.69, 9.17) is 9.84 Å². The Morgan fingerprint density at radius 3 is 3.21 bits per heavy atom. The number of carboxylic acids is 1. The van der Waals surface area contributed by atoms with Gasteiger partial charge in [-0.15, -0.1) is 0 Å². The second kappa shape index (κ2) is 3.33. The Balaban J connectivity index is 2.21. The summed E-state index contributed by atoms with van der Waals surface area (Å²) >= 11 is 0. The van der Waals surface area contributed by atoms with Gasteiger partial charge in [0.1, 0.15) is 0 Å². The van der Waals surface area contributed by atoms with Crippen LogP contribution in [0.25, 0.3) is 11.0 Å². The van der Waals surface area contributed by atoms with E-state index in [1.165, 1.54) is 0 Å². The van der Waals surface area contributed by atoms with Crippen LogP contribution < -0.4 is 4.74 Å². The summed E-state index contributed by atoms with van der Waals surface area (Å²) < 4.78 is 4.89. The molecule has 2 aromatic heterocycles. The van der Waals surface area contributed by atoms with Crippen LogP contribution in [0.4, 0.5) is 0 Å². The molecule has 0 unspecified atom stereocenters. The Labute approximate surface area is 78.5 Å². The maximum atomic E-state index is 10.2. The molecule has 0 aromatic carbocycles. The lowest BCUT2D eigenvalue weighted by molar-refractivity contribution is -0.139. The maximum Gasteiger partial charge on any atom is 0.341 e. The third-order valence-corrected chi connectivity index (χ3v) is 1.62. The van der Waals surface area contributed by atoms with E-state index in [0.717, 1.165) is 5.39 Å². The first kappa shape index (κ1) is 8.49. The van der Waals surface area contributed by atoms with Crippen LogP contribution in [0.15, 0.2) is 18.3 Å². The van der Waals surface area contributed by atoms with E-state index in [1.54, 1.807) is 18.3 Å². The lowest BCUT2D eigenvalue weighted by Gasteiger charge is -2.00. The summed E-state index contributed by atoms with van der Waals surface area (Å²) in [7, 11) is 0. The van der Waals surface area contributed by atoms with E-state index in [1.807, 2.05) is 0 Å². The zero-order valence-electron chi connectivity index (χ0n) is 7.10. The molecule has 0 saturated carbocycles. The molecule has 0 atom stereocenters. The summed E-state index contributed by atoms with van der Waals surface area (Å²) in [5, 5.41) is 15.7. The molecule has 0 bridgehead atoms. The largest absolute Gasteiger partial charge is 0.479 e. The van der Waals surface area contributed by atoms with Gasteiger partial charge in [-0.2, -0.15) is 10.1 Å². The number of carbonyl (C=O) groups is 1. The second-order valence-corrected chi connectivity index (χ2v) is 2.64. The van der Waals surface area contributed by atoms with Crippen molar-refractivity contribution in [3.05, 3.63) is 18.3 Å². The zero-order chi connectivity index (χ0) is 9.97. The topological polar surface area (TPSA) is 88.1 Å². The van der Waals surface area contributed by atoms with Gasteiger partial charge < -0.3 is 9.84 Å². The minimum absolute atomic E-state index is 0.268. The molecule has 2 heterocycles. The summed E-state index contributed by atoms with van der Waals surface area (Å²) in [5.74, 6) is -0.763. The first-order valence-corrected chi connectivity index (χ1v) is 3.90. The molecule has 0 fully saturated rings. The Hall–Kier alpha value is -2.11. The Morgan fingerprint density at radius 1 is 1.57 bits per heavy atom. The average Bonchev–Trinajstić information content (AvgIpc) is 2.61. The van der Waals surface area contributed by atoms with E-state index in [9.17, 15) is 4.79 Å². The highest BCUT2D eigenvalue weighted by molar-refractivity contribution is 5.74. The predicted octanol–water partition coefficient (Wildman–Crippen LogP) is 0.421. The van der Waals surface area contributed by atoms with Crippen molar-refractivity contribution in [1.82, 2.24) is 15.2 Å². The van der Waals surface area contributed by atoms with Crippen molar-refractivity contribution in [3.63, 3.8) is 0 Å². The molecule has 0 saturated heterocycles. The van der Waals surface area contributed by atoms with Gasteiger partial charge in [0, 0.05) is 11.5 Å². The first-order chi connectivity index (χ1) is 6.75. The Bertz CT molecular complexity index is 466. The van der Waals surface area contributed by atoms with Crippen LogP contribution in [-0.4, -0.2) is 32.9 Å². The third kappa shape index (κ3) is 1.63. The van der Waals surface area contributed by atoms with Crippen LogP contribution in [0.2, 0.25) is 0 Å². The molecule has 2 rings (SSSR count). The minimum atomic E-state index is -1.03. The Kier molecular flexibility index (Phi) is 2.02. The van der Waals surface area contributed by atoms with E-state index in [0.29, 0.717) is 5.65 Å². The molecule has 0 aliphatic carbocycles. The number of nitrogens with one attached hydrogen (secondary N) is 1. The smallest absolute Gasteiger partial charge is 0.341 e. The molecule has 0 amide bonds. The van der Waals surface area contributed by atoms with E-state index >= 15 is 0 Å². The lowest BCUT2D eigenvalue weighted by Crippen LogP contribution is -2.10. The standard InChI is InChI=1S/C8H7N3O3/c12-7(13)4-14-6-2-1-5-3-9-11-8(5)10-6/h1-3H,4H2,(H,12,13)(H,9,10,11). The van der Waals surface area contributed by atoms with Gasteiger partial charge in [0.15, 0.2) is 12.3 Å². The lowest BCUT2D eigenvalue weighted by atomic mass is 10.3. The van der Waals surface area contributed by atoms with Crippen molar-refractivity contribution in [2.45, 2.75) is 0 Å². The van der Waals surface area contributed by atoms with Crippen molar-refractivity contribution in [2.75, 3.05) is 6.61 Å². The number of H-pyrrole nitrogens is 1. The van der Waals surface area contributed by atoms with Crippen molar-refractivity contribution >= 4 is 17.0 Å². The number of aromatic amines is 1. The van der Waals surface area contributed by atoms with Crippen molar-refractivity contribution in [1.29, 1.82) is 0 Å². The number of nitrogens with zero attached hydrogens (tertiary/aromatic N) is 2. The molecule has 0 radical (unpaired) electrons. The molecule has 2 N–H and O–H groups in total. The maximum absolute atomic E-state index is 10.2. The molecule has 0 spiro atoms. The quantitative estimate of drug-likeness (QED) is 0.737. The molecule has 0 aliphatic rings. The van der Waals surface area contributed by atoms with E-state index < -0.39 is 12.6 Å². The highest BCUT2D eigenvalue weighted by atomic mass is 16.5. The normalized spacial score (nSPS) is 10.3. The van der Waals surface area contributed by atoms with Crippen molar-refractivity contribution in [2.24, 2.45) is 0 Å².